The second kappa shape index (κ2) is 6.30. The number of alkyl halides is 3. The number of ether oxygens (including phenoxy) is 1. The molecule has 106 valence electrons. The maximum Gasteiger partial charge on any atom is 0.434 e. The zero-order valence-corrected chi connectivity index (χ0v) is 10.8. The largest absolute Gasteiger partial charge is 0.452 e. The summed E-state index contributed by atoms with van der Waals surface area (Å²) in [7, 11) is 1.01. The number of rotatable bonds is 4. The summed E-state index contributed by atoms with van der Waals surface area (Å²) in [6.45, 7) is 0. The highest BCUT2D eigenvalue weighted by molar-refractivity contribution is 6.30. The number of nitrogens with one attached hydrogen (secondary N) is 1. The molecule has 0 unspecified atom stereocenters. The molecule has 0 amide bonds. The fraction of sp³-hybridized carbons (Fsp3) is 0.167. The minimum absolute atomic E-state index is 0.0771. The average molecular weight is 305 g/mol. The molecule has 20 heavy (non-hydrogen) atoms. The molecule has 0 aliphatic heterocycles. The van der Waals surface area contributed by atoms with E-state index in [2.05, 4.69) is 0 Å². The van der Waals surface area contributed by atoms with E-state index in [1.165, 1.54) is 18.2 Å². The Morgan fingerprint density at radius 2 is 2.10 bits per heavy atom. The number of hydrogen-bond acceptors (Lipinski definition) is 4. The lowest BCUT2D eigenvalue weighted by Gasteiger charge is -2.14. The van der Waals surface area contributed by atoms with Crippen LogP contribution in [0.15, 0.2) is 29.7 Å². The molecule has 0 spiro atoms. The Morgan fingerprint density at radius 1 is 1.45 bits per heavy atom. The zero-order chi connectivity index (χ0) is 15.3. The summed E-state index contributed by atoms with van der Waals surface area (Å²) in [6.07, 6.45) is -4.85. The summed E-state index contributed by atoms with van der Waals surface area (Å²) in [5.74, 6) is -1.10. The molecule has 1 rings (SSSR count). The number of nitriles is 1. The second-order valence-corrected chi connectivity index (χ2v) is 3.93. The summed E-state index contributed by atoms with van der Waals surface area (Å²) >= 11 is 5.69. The first-order chi connectivity index (χ1) is 9.31. The Hall–Kier alpha value is -2.20. The van der Waals surface area contributed by atoms with Gasteiger partial charge in [-0.25, -0.2) is 0 Å². The van der Waals surface area contributed by atoms with E-state index in [0.29, 0.717) is 0 Å². The highest BCUT2D eigenvalue weighted by Gasteiger charge is 2.37. The van der Waals surface area contributed by atoms with Crippen LogP contribution < -0.4 is 10.1 Å². The van der Waals surface area contributed by atoms with Crippen LogP contribution in [0.2, 0.25) is 5.02 Å². The van der Waals surface area contributed by atoms with Gasteiger partial charge in [0.15, 0.2) is 17.7 Å². The number of hydrogen-bond donors (Lipinski definition) is 1. The van der Waals surface area contributed by atoms with Crippen LogP contribution in [0, 0.1) is 11.3 Å². The molecule has 0 atom stereocenters. The van der Waals surface area contributed by atoms with Gasteiger partial charge in [-0.05, 0) is 18.2 Å². The molecule has 1 aromatic carbocycles. The van der Waals surface area contributed by atoms with Crippen LogP contribution in [-0.2, 0) is 4.79 Å². The van der Waals surface area contributed by atoms with Crippen molar-refractivity contribution in [1.29, 1.82) is 5.26 Å². The van der Waals surface area contributed by atoms with Crippen LogP contribution in [0.4, 0.5) is 13.2 Å². The van der Waals surface area contributed by atoms with E-state index < -0.39 is 17.6 Å². The summed E-state index contributed by atoms with van der Waals surface area (Å²) in [4.78, 5) is 10.8. The molecule has 0 radical (unpaired) electrons. The molecule has 0 heterocycles. The topological polar surface area (TPSA) is 62.1 Å². The highest BCUT2D eigenvalue weighted by atomic mass is 35.5. The Bertz CT molecular complexity index is 591. The van der Waals surface area contributed by atoms with Gasteiger partial charge < -0.3 is 10.1 Å². The molecule has 0 aromatic heterocycles. The second-order valence-electron chi connectivity index (χ2n) is 3.49. The third-order valence-electron chi connectivity index (χ3n) is 2.12. The smallest absolute Gasteiger partial charge is 0.434 e. The molecule has 1 N–H and O–H groups in total. The molecule has 4 nitrogen and oxygen atoms in total. The van der Waals surface area contributed by atoms with E-state index in [4.69, 9.17) is 21.6 Å². The van der Waals surface area contributed by atoms with Crippen molar-refractivity contribution in [3.63, 3.8) is 0 Å². The van der Waals surface area contributed by atoms with Gasteiger partial charge in [0.25, 0.3) is 0 Å². The van der Waals surface area contributed by atoms with E-state index in [0.717, 1.165) is 7.05 Å². The van der Waals surface area contributed by atoms with Gasteiger partial charge in [-0.2, -0.15) is 18.4 Å². The lowest BCUT2D eigenvalue weighted by Crippen LogP contribution is -2.27. The van der Waals surface area contributed by atoms with Crippen molar-refractivity contribution in [3.05, 3.63) is 40.2 Å². The van der Waals surface area contributed by atoms with Crippen molar-refractivity contribution >= 4 is 17.9 Å². The maximum absolute atomic E-state index is 12.6. The molecule has 0 aliphatic carbocycles. The van der Waals surface area contributed by atoms with Crippen molar-refractivity contribution in [3.8, 4) is 11.8 Å². The van der Waals surface area contributed by atoms with Gasteiger partial charge in [0.1, 0.15) is 5.75 Å². The normalized spacial score (nSPS) is 12.2. The Balaban J connectivity index is 3.24. The molecule has 0 saturated heterocycles. The Labute approximate surface area is 117 Å². The van der Waals surface area contributed by atoms with Crippen LogP contribution in [0.3, 0.4) is 0 Å². The van der Waals surface area contributed by atoms with Gasteiger partial charge in [-0.1, -0.05) is 11.6 Å². The van der Waals surface area contributed by atoms with E-state index in [1.807, 2.05) is 5.32 Å². The predicted octanol–water partition coefficient (Wildman–Crippen LogP) is 2.78. The van der Waals surface area contributed by atoms with E-state index >= 15 is 0 Å². The summed E-state index contributed by atoms with van der Waals surface area (Å²) < 4.78 is 42.8. The van der Waals surface area contributed by atoms with Gasteiger partial charge in [0.05, 0.1) is 11.6 Å². The van der Waals surface area contributed by atoms with Crippen LogP contribution in [0.25, 0.3) is 0 Å². The standard InChI is InChI=1S/C12H8ClF3N2O2/c1-18-11(12(14,15)16)10(6-19)20-9-3-7(5-17)2-8(13)4-9/h2-4,6,18H,1H3/b11-10+. The zero-order valence-electron chi connectivity index (χ0n) is 10.1. The molecule has 1 aromatic rings. The highest BCUT2D eigenvalue weighted by Crippen LogP contribution is 2.28. The van der Waals surface area contributed by atoms with Gasteiger partial charge in [-0.15, -0.1) is 0 Å². The first-order valence-corrected chi connectivity index (χ1v) is 5.52. The minimum atomic E-state index is -4.78. The SMILES string of the molecule is CN/C(=C(\C=O)Oc1cc(Cl)cc(C#N)c1)C(F)(F)F. The van der Waals surface area contributed by atoms with Crippen LogP contribution in [0.5, 0.6) is 5.75 Å². The number of carbonyl (C=O) groups is 1. The molecular formula is C12H8ClF3N2O2. The summed E-state index contributed by atoms with van der Waals surface area (Å²) in [6, 6.07) is 5.43. The van der Waals surface area contributed by atoms with Gasteiger partial charge in [-0.3, -0.25) is 4.79 Å². The van der Waals surface area contributed by atoms with Gasteiger partial charge in [0.2, 0.25) is 0 Å². The van der Waals surface area contributed by atoms with Crippen molar-refractivity contribution < 1.29 is 22.7 Å². The first kappa shape index (κ1) is 15.9. The van der Waals surface area contributed by atoms with Crippen LogP contribution in [0.1, 0.15) is 5.56 Å². The molecular weight excluding hydrogens is 297 g/mol. The van der Waals surface area contributed by atoms with Crippen molar-refractivity contribution in [1.82, 2.24) is 5.32 Å². The molecule has 0 aliphatic rings. The molecule has 0 bridgehead atoms. The number of halogens is 4. The van der Waals surface area contributed by atoms with E-state index in [1.54, 1.807) is 6.07 Å². The van der Waals surface area contributed by atoms with E-state index in [-0.39, 0.29) is 22.6 Å². The van der Waals surface area contributed by atoms with Gasteiger partial charge >= 0.3 is 6.18 Å². The molecule has 8 heteroatoms. The fourth-order valence-corrected chi connectivity index (χ4v) is 1.58. The molecule has 0 saturated carbocycles. The average Bonchev–Trinajstić information content (AvgIpc) is 2.36. The maximum atomic E-state index is 12.6. The lowest BCUT2D eigenvalue weighted by atomic mass is 10.2. The van der Waals surface area contributed by atoms with Crippen molar-refractivity contribution in [2.24, 2.45) is 0 Å². The lowest BCUT2D eigenvalue weighted by molar-refractivity contribution is -0.111. The van der Waals surface area contributed by atoms with Gasteiger partial charge in [0, 0.05) is 12.1 Å². The third-order valence-corrected chi connectivity index (χ3v) is 2.33. The molecule has 0 fully saturated rings. The summed E-state index contributed by atoms with van der Waals surface area (Å²) in [5.41, 5.74) is -1.23. The Morgan fingerprint density at radius 3 is 2.55 bits per heavy atom. The summed E-state index contributed by atoms with van der Waals surface area (Å²) in [5, 5.41) is 10.7. The minimum Gasteiger partial charge on any atom is -0.452 e. The third kappa shape index (κ3) is 3.90. The van der Waals surface area contributed by atoms with E-state index in [9.17, 15) is 18.0 Å². The van der Waals surface area contributed by atoms with Crippen LogP contribution >= 0.6 is 11.6 Å². The Kier molecular flexibility index (Phi) is 5.00. The fourth-order valence-electron chi connectivity index (χ4n) is 1.35. The first-order valence-electron chi connectivity index (χ1n) is 5.14. The number of aldehydes is 1. The predicted molar refractivity (Wildman–Crippen MR) is 65.0 cm³/mol. The van der Waals surface area contributed by atoms with Crippen molar-refractivity contribution in [2.75, 3.05) is 7.05 Å². The monoisotopic (exact) mass is 304 g/mol. The number of benzene rings is 1. The number of carbonyl (C=O) groups excluding carboxylic acids is 1. The number of allylic oxidation sites excluding steroid dienone is 2. The quantitative estimate of drug-likeness (QED) is 0.528. The number of nitrogens with zero attached hydrogens (tertiary/aromatic N) is 1. The van der Waals surface area contributed by atoms with Crippen LogP contribution in [-0.4, -0.2) is 19.5 Å². The van der Waals surface area contributed by atoms with Crippen molar-refractivity contribution in [2.45, 2.75) is 6.18 Å².